The monoisotopic (exact) mass is 414 g/mol. The van der Waals surface area contributed by atoms with E-state index in [-0.39, 0.29) is 0 Å². The molecule has 0 aromatic rings. The Bertz CT molecular complexity index is 254. The number of unbranched alkanes of at least 4 members (excludes halogenated alkanes) is 3. The van der Waals surface area contributed by atoms with Crippen LogP contribution in [0.4, 0.5) is 0 Å². The average molecular weight is 413 g/mol. The summed E-state index contributed by atoms with van der Waals surface area (Å²) in [6, 6.07) is 0. The molecule has 1 fully saturated rings. The first-order valence-electron chi connectivity index (χ1n) is 10.4. The van der Waals surface area contributed by atoms with Gasteiger partial charge in [-0.25, -0.2) is 0 Å². The Kier molecular flexibility index (Phi) is 12.1. The van der Waals surface area contributed by atoms with Crippen LogP contribution in [0.1, 0.15) is 91.4 Å². The van der Waals surface area contributed by atoms with E-state index in [2.05, 4.69) is 32.9 Å². The third-order valence-corrected chi connectivity index (χ3v) is 21.0. The van der Waals surface area contributed by atoms with Gasteiger partial charge in [-0.05, 0) is 0 Å². The van der Waals surface area contributed by atoms with Crippen molar-refractivity contribution < 1.29 is 0 Å². The Labute approximate surface area is 145 Å². The van der Waals surface area contributed by atoms with Crippen LogP contribution >= 0.6 is 0 Å². The zero-order chi connectivity index (χ0) is 16.1. The van der Waals surface area contributed by atoms with Gasteiger partial charge in [-0.1, -0.05) is 0 Å². The molecule has 0 N–H and O–H groups in total. The summed E-state index contributed by atoms with van der Waals surface area (Å²) < 4.78 is 6.56. The Balaban J connectivity index is 2.60. The minimum atomic E-state index is -1.87. The van der Waals surface area contributed by atoms with Crippen LogP contribution in [-0.2, 0) is 0 Å². The van der Waals surface area contributed by atoms with Crippen LogP contribution in [0.3, 0.4) is 0 Å². The van der Waals surface area contributed by atoms with Gasteiger partial charge in [0.1, 0.15) is 0 Å². The molecule has 0 aliphatic heterocycles. The minimum absolute atomic E-state index is 0.932. The maximum absolute atomic E-state index is 2.69. The Morgan fingerprint density at radius 3 is 1.73 bits per heavy atom. The Hall–Kier alpha value is 0.539. The fraction of sp³-hybridized carbons (Fsp3) is 0.905. The molecule has 0 spiro atoms. The second kappa shape index (κ2) is 12.9. The number of allylic oxidation sites excluding steroid dienone is 2. The molecular weight excluding hydrogens is 371 g/mol. The summed E-state index contributed by atoms with van der Waals surface area (Å²) >= 11 is -1.87. The summed E-state index contributed by atoms with van der Waals surface area (Å²) in [6.07, 6.45) is 21.5. The number of hydrogen-bond acceptors (Lipinski definition) is 0. The van der Waals surface area contributed by atoms with Crippen LogP contribution in [-0.4, -0.2) is 18.4 Å². The molecule has 0 aromatic heterocycles. The molecule has 1 rings (SSSR count). The summed E-state index contributed by atoms with van der Waals surface area (Å²) in [7, 11) is 0. The van der Waals surface area contributed by atoms with Crippen molar-refractivity contribution in [3.05, 3.63) is 12.2 Å². The molecule has 0 heterocycles. The normalized spacial score (nSPS) is 17.4. The van der Waals surface area contributed by atoms with Gasteiger partial charge >= 0.3 is 146 Å². The predicted molar refractivity (Wildman–Crippen MR) is 105 cm³/mol. The number of hydrogen-bond donors (Lipinski definition) is 0. The van der Waals surface area contributed by atoms with Crippen LogP contribution in [0.25, 0.3) is 0 Å². The SMILES string of the molecule is CCC[CH2][Sn]([CH2]/C=C/C1CCCCC1)([CH2]CCC)[CH2]CCC. The van der Waals surface area contributed by atoms with Gasteiger partial charge in [-0.15, -0.1) is 0 Å². The molecule has 0 nitrogen and oxygen atoms in total. The molecule has 0 saturated heterocycles. The van der Waals surface area contributed by atoms with Crippen molar-refractivity contribution in [2.45, 2.75) is 109 Å². The van der Waals surface area contributed by atoms with E-state index in [0.717, 1.165) is 5.92 Å². The van der Waals surface area contributed by atoms with E-state index in [1.807, 2.05) is 0 Å². The van der Waals surface area contributed by atoms with Gasteiger partial charge in [0, 0.05) is 0 Å². The maximum atomic E-state index is 2.69. The molecule has 1 aliphatic carbocycles. The first-order valence-corrected chi connectivity index (χ1v) is 18.5. The molecule has 1 saturated carbocycles. The summed E-state index contributed by atoms with van der Waals surface area (Å²) in [5.41, 5.74) is 0. The summed E-state index contributed by atoms with van der Waals surface area (Å²) in [5, 5.41) is 0. The van der Waals surface area contributed by atoms with E-state index in [9.17, 15) is 0 Å². The number of rotatable bonds is 12. The average Bonchev–Trinajstić information content (AvgIpc) is 2.57. The molecular formula is C21H42Sn. The van der Waals surface area contributed by atoms with Crippen molar-refractivity contribution in [1.82, 2.24) is 0 Å². The molecule has 1 aliphatic rings. The molecule has 0 radical (unpaired) electrons. The molecule has 0 unspecified atom stereocenters. The molecule has 130 valence electrons. The van der Waals surface area contributed by atoms with E-state index in [4.69, 9.17) is 0 Å². The molecule has 0 atom stereocenters. The van der Waals surface area contributed by atoms with Crippen LogP contribution in [0.2, 0.25) is 17.7 Å². The van der Waals surface area contributed by atoms with Gasteiger partial charge in [0.05, 0.1) is 0 Å². The predicted octanol–water partition coefficient (Wildman–Crippen LogP) is 7.97. The Morgan fingerprint density at radius 1 is 0.773 bits per heavy atom. The fourth-order valence-electron chi connectivity index (χ4n) is 4.17. The zero-order valence-electron chi connectivity index (χ0n) is 15.8. The van der Waals surface area contributed by atoms with Gasteiger partial charge in [0.2, 0.25) is 0 Å². The third-order valence-electron chi connectivity index (χ3n) is 5.79. The standard InChI is InChI=1S/C9H15.3C4H9.Sn/c1-2-6-9-7-4-3-5-8-9;3*1-3-4-2;/h2,6,9H,1,3-5,7-8H2;3*1,3-4H2,2H3;/b6-2+;;;;. The first kappa shape index (κ1) is 20.6. The molecule has 0 amide bonds. The zero-order valence-corrected chi connectivity index (χ0v) is 18.7. The Morgan fingerprint density at radius 2 is 1.27 bits per heavy atom. The van der Waals surface area contributed by atoms with Crippen molar-refractivity contribution in [3.8, 4) is 0 Å². The van der Waals surface area contributed by atoms with E-state index >= 15 is 0 Å². The summed E-state index contributed by atoms with van der Waals surface area (Å²) in [4.78, 5) is 0. The summed E-state index contributed by atoms with van der Waals surface area (Å²) in [5.74, 6) is 0.932. The van der Waals surface area contributed by atoms with E-state index in [1.54, 1.807) is 17.7 Å². The van der Waals surface area contributed by atoms with Gasteiger partial charge in [0.25, 0.3) is 0 Å². The van der Waals surface area contributed by atoms with E-state index in [1.165, 1.54) is 70.6 Å². The van der Waals surface area contributed by atoms with Crippen molar-refractivity contribution in [3.63, 3.8) is 0 Å². The molecule has 22 heavy (non-hydrogen) atoms. The summed E-state index contributed by atoms with van der Waals surface area (Å²) in [6.45, 7) is 7.15. The quantitative estimate of drug-likeness (QED) is 0.225. The van der Waals surface area contributed by atoms with Gasteiger partial charge in [0.15, 0.2) is 0 Å². The van der Waals surface area contributed by atoms with Crippen molar-refractivity contribution in [2.75, 3.05) is 0 Å². The van der Waals surface area contributed by atoms with Crippen molar-refractivity contribution in [1.29, 1.82) is 0 Å². The molecule has 0 aromatic carbocycles. The second-order valence-corrected chi connectivity index (χ2v) is 21.8. The van der Waals surface area contributed by atoms with Crippen LogP contribution < -0.4 is 0 Å². The van der Waals surface area contributed by atoms with E-state index in [0.29, 0.717) is 0 Å². The second-order valence-electron chi connectivity index (χ2n) is 7.84. The van der Waals surface area contributed by atoms with E-state index < -0.39 is 18.4 Å². The van der Waals surface area contributed by atoms with Gasteiger partial charge in [-0.2, -0.15) is 0 Å². The third kappa shape index (κ3) is 8.41. The van der Waals surface area contributed by atoms with Crippen LogP contribution in [0.15, 0.2) is 12.2 Å². The molecule has 1 heteroatoms. The first-order chi connectivity index (χ1) is 10.8. The van der Waals surface area contributed by atoms with Crippen molar-refractivity contribution in [2.24, 2.45) is 5.92 Å². The van der Waals surface area contributed by atoms with Crippen LogP contribution in [0, 0.1) is 5.92 Å². The van der Waals surface area contributed by atoms with Gasteiger partial charge in [-0.3, -0.25) is 0 Å². The van der Waals surface area contributed by atoms with Crippen LogP contribution in [0.5, 0.6) is 0 Å². The fourth-order valence-corrected chi connectivity index (χ4v) is 19.3. The topological polar surface area (TPSA) is 0 Å². The molecule has 0 bridgehead atoms. The van der Waals surface area contributed by atoms with Crippen molar-refractivity contribution >= 4 is 18.4 Å². The van der Waals surface area contributed by atoms with Gasteiger partial charge < -0.3 is 0 Å².